The van der Waals surface area contributed by atoms with E-state index in [1.807, 2.05) is 30.3 Å². The van der Waals surface area contributed by atoms with Crippen molar-refractivity contribution >= 4 is 126 Å². The Hall–Kier alpha value is -5.19. The first-order valence-electron chi connectivity index (χ1n) is 15.5. The molecule has 56 heavy (non-hydrogen) atoms. The third-order valence-electron chi connectivity index (χ3n) is 8.29. The van der Waals surface area contributed by atoms with Crippen molar-refractivity contribution in [3.8, 4) is 5.75 Å². The van der Waals surface area contributed by atoms with Gasteiger partial charge in [0.25, 0.3) is 30.4 Å². The summed E-state index contributed by atoms with van der Waals surface area (Å²) in [4.78, 5) is -1.73. The summed E-state index contributed by atoms with van der Waals surface area (Å²) in [5.41, 5.74) is 1.37. The van der Waals surface area contributed by atoms with Gasteiger partial charge in [0.05, 0.1) is 22.0 Å². The second-order valence-electron chi connectivity index (χ2n) is 11.8. The van der Waals surface area contributed by atoms with Gasteiger partial charge >= 0.3 is 0 Å². The van der Waals surface area contributed by atoms with Crippen LogP contribution in [0.15, 0.2) is 156 Å². The van der Waals surface area contributed by atoms with Gasteiger partial charge in [-0.15, -0.1) is 20.5 Å². The minimum Gasteiger partial charge on any atom is -0.505 e. The molecular weight excluding hydrogens is 796 g/mol. The Morgan fingerprint density at radius 2 is 1.00 bits per heavy atom. The van der Waals surface area contributed by atoms with Gasteiger partial charge in [-0.3, -0.25) is 13.7 Å². The van der Waals surface area contributed by atoms with Crippen LogP contribution in [0, 0.1) is 0 Å². The van der Waals surface area contributed by atoms with Crippen LogP contribution in [0.25, 0.3) is 32.3 Å². The predicted molar refractivity (Wildman–Crippen MR) is 212 cm³/mol. The van der Waals surface area contributed by atoms with Gasteiger partial charge in [-0.05, 0) is 78.2 Å². The van der Waals surface area contributed by atoms with Crippen molar-refractivity contribution in [1.82, 2.24) is 6.15 Å². The second-order valence-corrected chi connectivity index (χ2v) is 16.0. The molecule has 20 heteroatoms. The van der Waals surface area contributed by atoms with E-state index >= 15 is 0 Å². The largest absolute Gasteiger partial charge is 0.505 e. The molecule has 0 aliphatic carbocycles. The molecular formula is C36H28N6NaO10S3. The number of phenols is 1. The standard InChI is InChI=1S/C36H25N5O10S3.H3N.Na/c42-36-25-12-10-23(37-22-6-2-1-3-7-22)18-21(25)19-34(54(49,50)51)35(36)41-40-31-15-14-30(26-8-4-5-9-27(26)31)38-39-32-16-17-33(53(46,47)48)28-13-11-24(20-29(28)32)52(43,44)45;;/h1-20,37,42H,(H,43,44,45)(H,46,47,48)(H,49,50,51);1H3;. The Bertz CT molecular complexity index is 3080. The summed E-state index contributed by atoms with van der Waals surface area (Å²) in [7, 11) is -14.3. The van der Waals surface area contributed by atoms with Crippen LogP contribution in [0.4, 0.5) is 34.1 Å². The molecule has 7 aromatic carbocycles. The SMILES string of the molecule is N.O=S(=O)(O)c1ccc2c(S(=O)(=O)O)ccc(N=Nc3ccc(N=Nc4c(S(=O)(=O)O)cc5cc(Nc6ccccc6)ccc5c4O)c4ccccc34)c2c1.[Na]. The molecule has 0 aliphatic rings. The van der Waals surface area contributed by atoms with Crippen molar-refractivity contribution in [3.63, 3.8) is 0 Å². The first kappa shape index (κ1) is 42.0. The van der Waals surface area contributed by atoms with Crippen molar-refractivity contribution in [1.29, 1.82) is 0 Å². The molecule has 8 N–H and O–H groups in total. The van der Waals surface area contributed by atoms with Crippen LogP contribution in [0.5, 0.6) is 5.75 Å². The van der Waals surface area contributed by atoms with Crippen LogP contribution in [0.3, 0.4) is 0 Å². The van der Waals surface area contributed by atoms with Gasteiger partial charge in [0.2, 0.25) is 0 Å². The summed E-state index contributed by atoms with van der Waals surface area (Å²) < 4.78 is 102. The van der Waals surface area contributed by atoms with E-state index in [0.29, 0.717) is 21.8 Å². The van der Waals surface area contributed by atoms with Gasteiger partial charge in [-0.2, -0.15) is 25.3 Å². The zero-order valence-corrected chi connectivity index (χ0v) is 33.5. The van der Waals surface area contributed by atoms with Crippen molar-refractivity contribution in [2.24, 2.45) is 20.5 Å². The number of benzene rings is 7. The molecule has 0 saturated carbocycles. The maximum Gasteiger partial charge on any atom is 0.296 e. The van der Waals surface area contributed by atoms with Gasteiger partial charge < -0.3 is 16.6 Å². The summed E-state index contributed by atoms with van der Waals surface area (Å²) in [6, 6.07) is 30.4. The number of rotatable bonds is 9. The molecule has 0 bridgehead atoms. The molecule has 0 atom stereocenters. The Balaban J connectivity index is 0.00000300. The van der Waals surface area contributed by atoms with Crippen molar-refractivity contribution in [2.75, 3.05) is 5.32 Å². The van der Waals surface area contributed by atoms with E-state index in [1.165, 1.54) is 24.3 Å². The molecule has 0 aliphatic heterocycles. The summed E-state index contributed by atoms with van der Waals surface area (Å²) >= 11 is 0. The maximum absolute atomic E-state index is 12.5. The molecule has 7 aromatic rings. The molecule has 281 valence electrons. The fourth-order valence-corrected chi connectivity index (χ4v) is 7.68. The Labute approximate surface area is 341 Å². The molecule has 1 radical (unpaired) electrons. The maximum atomic E-state index is 12.5. The second kappa shape index (κ2) is 16.1. The fourth-order valence-electron chi connectivity index (χ4n) is 5.82. The number of fused-ring (bicyclic) bond motifs is 3. The minimum atomic E-state index is -4.90. The molecule has 0 heterocycles. The van der Waals surface area contributed by atoms with Gasteiger partial charge in [-0.1, -0.05) is 48.5 Å². The van der Waals surface area contributed by atoms with E-state index in [4.69, 9.17) is 0 Å². The molecule has 16 nitrogen and oxygen atoms in total. The van der Waals surface area contributed by atoms with Crippen LogP contribution >= 0.6 is 0 Å². The van der Waals surface area contributed by atoms with E-state index in [-0.39, 0.29) is 68.9 Å². The van der Waals surface area contributed by atoms with Crippen molar-refractivity contribution in [2.45, 2.75) is 14.7 Å². The van der Waals surface area contributed by atoms with E-state index in [2.05, 4.69) is 25.8 Å². The zero-order chi connectivity index (χ0) is 38.4. The number of nitrogens with one attached hydrogen (secondary N) is 1. The van der Waals surface area contributed by atoms with Gasteiger partial charge in [0.15, 0.2) is 5.75 Å². The fraction of sp³-hybridized carbons (Fsp3) is 0. The Morgan fingerprint density at radius 3 is 1.59 bits per heavy atom. The number of phenolic OH excluding ortho intramolecular Hbond substituents is 1. The van der Waals surface area contributed by atoms with Crippen LogP contribution in [0.1, 0.15) is 0 Å². The van der Waals surface area contributed by atoms with Crippen molar-refractivity contribution < 1.29 is 44.0 Å². The Morgan fingerprint density at radius 1 is 0.464 bits per heavy atom. The summed E-state index contributed by atoms with van der Waals surface area (Å²) in [5.74, 6) is -0.533. The average Bonchev–Trinajstić information content (AvgIpc) is 3.12. The number of hydrogen-bond donors (Lipinski definition) is 6. The predicted octanol–water partition coefficient (Wildman–Crippen LogP) is 8.95. The summed E-state index contributed by atoms with van der Waals surface area (Å²) in [6.07, 6.45) is 0. The van der Waals surface area contributed by atoms with Gasteiger partial charge in [0.1, 0.15) is 15.5 Å². The molecule has 7 rings (SSSR count). The van der Waals surface area contributed by atoms with E-state index in [9.17, 15) is 44.0 Å². The monoisotopic (exact) mass is 823 g/mol. The molecule has 0 saturated heterocycles. The molecule has 0 fully saturated rings. The molecule has 0 spiro atoms. The Kier molecular flexibility index (Phi) is 12.1. The zero-order valence-electron chi connectivity index (χ0n) is 29.0. The quantitative estimate of drug-likeness (QED) is 0.0452. The van der Waals surface area contributed by atoms with E-state index in [1.54, 1.807) is 42.5 Å². The number of para-hydroxylation sites is 1. The third kappa shape index (κ3) is 8.61. The number of hydrogen-bond acceptors (Lipinski definition) is 13. The van der Waals surface area contributed by atoms with Gasteiger partial charge in [-0.25, -0.2) is 0 Å². The van der Waals surface area contributed by atoms with Crippen molar-refractivity contribution in [3.05, 3.63) is 121 Å². The summed E-state index contributed by atoms with van der Waals surface area (Å²) in [6.45, 7) is 0. The van der Waals surface area contributed by atoms with Gasteiger partial charge in [0, 0.05) is 67.9 Å². The smallest absolute Gasteiger partial charge is 0.296 e. The number of azo groups is 2. The first-order chi connectivity index (χ1) is 25.6. The van der Waals surface area contributed by atoms with Crippen LogP contribution in [-0.4, -0.2) is 73.6 Å². The number of aromatic hydroxyl groups is 1. The van der Waals surface area contributed by atoms with E-state index < -0.39 is 56.5 Å². The number of anilines is 2. The molecule has 0 unspecified atom stereocenters. The molecule has 0 aromatic heterocycles. The average molecular weight is 824 g/mol. The van der Waals surface area contributed by atoms with Crippen LogP contribution in [0.2, 0.25) is 0 Å². The van der Waals surface area contributed by atoms with Crippen LogP contribution in [-0.2, 0) is 30.4 Å². The normalized spacial score (nSPS) is 12.3. The topological polar surface area (TPSA) is 280 Å². The molecule has 0 amide bonds. The van der Waals surface area contributed by atoms with Crippen LogP contribution < -0.4 is 11.5 Å². The summed E-state index contributed by atoms with van der Waals surface area (Å²) in [5, 5.41) is 32.6. The van der Waals surface area contributed by atoms with E-state index in [0.717, 1.165) is 30.0 Å². The third-order valence-corrected chi connectivity index (χ3v) is 10.9. The number of nitrogens with zero attached hydrogens (tertiary/aromatic N) is 4. The minimum absolute atomic E-state index is 0. The first-order valence-corrected chi connectivity index (χ1v) is 19.9.